The van der Waals surface area contributed by atoms with E-state index in [-0.39, 0.29) is 17.6 Å². The van der Waals surface area contributed by atoms with Crippen molar-refractivity contribution in [2.24, 2.45) is 5.41 Å². The molecule has 1 aromatic carbocycles. The van der Waals surface area contributed by atoms with Crippen molar-refractivity contribution in [3.05, 3.63) is 41.0 Å². The summed E-state index contributed by atoms with van der Waals surface area (Å²) in [6.45, 7) is 1.41. The normalized spacial score (nSPS) is 20.2. The Kier molecular flexibility index (Phi) is 5.80. The predicted octanol–water partition coefficient (Wildman–Crippen LogP) is 2.18. The molecule has 3 N–H and O–H groups in total. The van der Waals surface area contributed by atoms with Crippen LogP contribution in [0.25, 0.3) is 0 Å². The number of ether oxygens (including phenoxy) is 3. The number of benzene rings is 1. The first-order chi connectivity index (χ1) is 12.7. The average Bonchev–Trinajstić information content (AvgIpc) is 2.65. The van der Waals surface area contributed by atoms with E-state index in [4.69, 9.17) is 14.2 Å². The van der Waals surface area contributed by atoms with Crippen LogP contribution in [0.1, 0.15) is 25.0 Å². The highest BCUT2D eigenvalue weighted by molar-refractivity contribution is 5.90. The van der Waals surface area contributed by atoms with Gasteiger partial charge in [-0.05, 0) is 42.7 Å². The van der Waals surface area contributed by atoms with Gasteiger partial charge in [-0.1, -0.05) is 6.08 Å². The summed E-state index contributed by atoms with van der Waals surface area (Å²) in [5.41, 5.74) is -1.03. The number of methoxy groups -OCH3 is 3. The lowest BCUT2D eigenvalue weighted by Gasteiger charge is -2.28. The van der Waals surface area contributed by atoms with E-state index in [0.717, 1.165) is 0 Å². The van der Waals surface area contributed by atoms with Crippen molar-refractivity contribution >= 4 is 11.9 Å². The first-order valence-corrected chi connectivity index (χ1v) is 8.04. The van der Waals surface area contributed by atoms with Crippen LogP contribution in [0.2, 0.25) is 0 Å². The van der Waals surface area contributed by atoms with Gasteiger partial charge in [-0.2, -0.15) is 0 Å². The Morgan fingerprint density at radius 3 is 2.04 bits per heavy atom. The van der Waals surface area contributed by atoms with E-state index in [1.54, 1.807) is 0 Å². The van der Waals surface area contributed by atoms with Gasteiger partial charge in [0.1, 0.15) is 6.10 Å². The van der Waals surface area contributed by atoms with Crippen molar-refractivity contribution in [3.63, 3.8) is 0 Å². The Bertz CT molecular complexity index is 798. The van der Waals surface area contributed by atoms with E-state index in [1.807, 2.05) is 0 Å². The van der Waals surface area contributed by atoms with E-state index < -0.39 is 23.5 Å². The number of carboxylic acid groups (broad SMARTS) is 2. The van der Waals surface area contributed by atoms with Crippen LogP contribution < -0.4 is 14.2 Å². The molecule has 8 nitrogen and oxygen atoms in total. The van der Waals surface area contributed by atoms with E-state index in [1.165, 1.54) is 52.5 Å². The Morgan fingerprint density at radius 1 is 1.07 bits per heavy atom. The maximum absolute atomic E-state index is 11.6. The van der Waals surface area contributed by atoms with Crippen LogP contribution in [0.15, 0.2) is 35.4 Å². The molecule has 8 heteroatoms. The maximum Gasteiger partial charge on any atom is 0.331 e. The topological polar surface area (TPSA) is 123 Å². The highest BCUT2D eigenvalue weighted by Gasteiger charge is 2.38. The van der Waals surface area contributed by atoms with Gasteiger partial charge in [0.2, 0.25) is 5.75 Å². The van der Waals surface area contributed by atoms with Crippen LogP contribution in [-0.4, -0.2) is 48.6 Å². The molecule has 0 bridgehead atoms. The second-order valence-electron chi connectivity index (χ2n) is 6.38. The molecule has 0 saturated carbocycles. The number of aliphatic carboxylic acids is 2. The second-order valence-corrected chi connectivity index (χ2v) is 6.38. The molecule has 1 aliphatic carbocycles. The summed E-state index contributed by atoms with van der Waals surface area (Å²) in [4.78, 5) is 23.1. The Hall–Kier alpha value is -3.00. The lowest BCUT2D eigenvalue weighted by atomic mass is 9.76. The van der Waals surface area contributed by atoms with Crippen LogP contribution in [0.4, 0.5) is 0 Å². The van der Waals surface area contributed by atoms with Gasteiger partial charge < -0.3 is 29.5 Å². The molecular formula is C19H22O8. The van der Waals surface area contributed by atoms with E-state index in [9.17, 15) is 24.9 Å². The molecule has 2 rings (SSSR count). The molecule has 1 aliphatic rings. The third kappa shape index (κ3) is 3.90. The van der Waals surface area contributed by atoms with Crippen molar-refractivity contribution in [3.8, 4) is 17.2 Å². The van der Waals surface area contributed by atoms with Crippen LogP contribution in [0.5, 0.6) is 17.2 Å². The van der Waals surface area contributed by atoms with Gasteiger partial charge in [-0.15, -0.1) is 0 Å². The van der Waals surface area contributed by atoms with Crippen LogP contribution in [0, 0.1) is 5.41 Å². The lowest BCUT2D eigenvalue weighted by Crippen LogP contribution is -2.30. The molecule has 0 aliphatic heterocycles. The molecule has 27 heavy (non-hydrogen) atoms. The molecule has 0 aromatic heterocycles. The van der Waals surface area contributed by atoms with Gasteiger partial charge in [-0.3, -0.25) is 4.79 Å². The zero-order chi connectivity index (χ0) is 20.4. The summed E-state index contributed by atoms with van der Waals surface area (Å²) < 4.78 is 15.8. The number of carboxylic acids is 2. The molecule has 2 unspecified atom stereocenters. The zero-order valence-corrected chi connectivity index (χ0v) is 15.5. The van der Waals surface area contributed by atoms with Crippen molar-refractivity contribution in [2.75, 3.05) is 21.3 Å². The minimum atomic E-state index is -1.45. The fourth-order valence-corrected chi connectivity index (χ4v) is 2.99. The number of aliphatic hydroxyl groups is 1. The molecule has 0 spiro atoms. The van der Waals surface area contributed by atoms with Crippen LogP contribution in [0.3, 0.4) is 0 Å². The summed E-state index contributed by atoms with van der Waals surface area (Å²) in [5.74, 6) is -1.45. The number of aliphatic hydroxyl groups excluding tert-OH is 1. The molecule has 0 radical (unpaired) electrons. The number of carbonyl (C=O) groups is 2. The first kappa shape index (κ1) is 20.3. The highest BCUT2D eigenvalue weighted by atomic mass is 16.5. The number of rotatable bonds is 7. The Morgan fingerprint density at radius 2 is 1.63 bits per heavy atom. The van der Waals surface area contributed by atoms with Gasteiger partial charge in [0, 0.05) is 5.57 Å². The Balaban J connectivity index is 2.57. The molecule has 146 valence electrons. The van der Waals surface area contributed by atoms with Crippen LogP contribution in [-0.2, 0) is 9.59 Å². The standard InChI is InChI=1S/C19H22O8/c1-19(18(23)24)8-11(5-12(9-19)17(21)22)15(20)10-6-13(25-2)16(27-4)14(7-10)26-3/h5-8,15,20H,9H2,1-4H3,(H,21,22)(H,23,24). The smallest absolute Gasteiger partial charge is 0.331 e. The summed E-state index contributed by atoms with van der Waals surface area (Å²) in [5, 5.41) is 29.6. The summed E-state index contributed by atoms with van der Waals surface area (Å²) >= 11 is 0. The van der Waals surface area contributed by atoms with Gasteiger partial charge in [0.25, 0.3) is 0 Å². The number of hydrogen-bond acceptors (Lipinski definition) is 6. The SMILES string of the molecule is COc1cc(C(O)C2=CC(C)(C(=O)O)CC(C(=O)O)=C2)cc(OC)c1OC. The number of hydrogen-bond donors (Lipinski definition) is 3. The third-order valence-electron chi connectivity index (χ3n) is 4.47. The van der Waals surface area contributed by atoms with E-state index in [0.29, 0.717) is 22.8 Å². The molecular weight excluding hydrogens is 356 g/mol. The second kappa shape index (κ2) is 7.71. The summed E-state index contributed by atoms with van der Waals surface area (Å²) in [7, 11) is 4.30. The third-order valence-corrected chi connectivity index (χ3v) is 4.47. The fraction of sp³-hybridized carbons (Fsp3) is 0.368. The van der Waals surface area contributed by atoms with Crippen molar-refractivity contribution in [1.82, 2.24) is 0 Å². The minimum absolute atomic E-state index is 0.0936. The zero-order valence-electron chi connectivity index (χ0n) is 15.5. The van der Waals surface area contributed by atoms with Crippen molar-refractivity contribution in [2.45, 2.75) is 19.4 Å². The van der Waals surface area contributed by atoms with Crippen molar-refractivity contribution < 1.29 is 39.1 Å². The van der Waals surface area contributed by atoms with Crippen LogP contribution >= 0.6 is 0 Å². The maximum atomic E-state index is 11.6. The molecule has 1 aromatic rings. The minimum Gasteiger partial charge on any atom is -0.493 e. The molecule has 2 atom stereocenters. The summed E-state index contributed by atoms with van der Waals surface area (Å²) in [6.07, 6.45) is 1.20. The molecule has 0 fully saturated rings. The molecule has 0 amide bonds. The van der Waals surface area contributed by atoms with Gasteiger partial charge in [0.05, 0.1) is 26.7 Å². The highest BCUT2D eigenvalue weighted by Crippen LogP contribution is 2.43. The quantitative estimate of drug-likeness (QED) is 0.660. The Labute approximate surface area is 156 Å². The molecule has 0 saturated heterocycles. The fourth-order valence-electron chi connectivity index (χ4n) is 2.99. The summed E-state index contributed by atoms with van der Waals surface area (Å²) in [6, 6.07) is 3.04. The van der Waals surface area contributed by atoms with Gasteiger partial charge in [-0.25, -0.2) is 4.79 Å². The molecule has 0 heterocycles. The monoisotopic (exact) mass is 378 g/mol. The lowest BCUT2D eigenvalue weighted by molar-refractivity contribution is -0.145. The van der Waals surface area contributed by atoms with Gasteiger partial charge in [0.15, 0.2) is 11.5 Å². The van der Waals surface area contributed by atoms with E-state index >= 15 is 0 Å². The van der Waals surface area contributed by atoms with E-state index in [2.05, 4.69) is 0 Å². The van der Waals surface area contributed by atoms with Crippen molar-refractivity contribution in [1.29, 1.82) is 0 Å². The van der Waals surface area contributed by atoms with Gasteiger partial charge >= 0.3 is 11.9 Å². The first-order valence-electron chi connectivity index (χ1n) is 8.04. The average molecular weight is 378 g/mol. The largest absolute Gasteiger partial charge is 0.493 e. The predicted molar refractivity (Wildman–Crippen MR) is 95.2 cm³/mol.